The van der Waals surface area contributed by atoms with Crippen LogP contribution in [0.2, 0.25) is 0 Å². The highest BCUT2D eigenvalue weighted by Crippen LogP contribution is 2.15. The van der Waals surface area contributed by atoms with Crippen molar-refractivity contribution in [3.8, 4) is 11.8 Å². The molecule has 0 radical (unpaired) electrons. The average molecular weight is 388 g/mol. The Morgan fingerprint density at radius 3 is 2.66 bits per heavy atom. The van der Waals surface area contributed by atoms with E-state index in [0.717, 1.165) is 17.2 Å². The van der Waals surface area contributed by atoms with Crippen LogP contribution in [0.15, 0.2) is 73.1 Å². The van der Waals surface area contributed by atoms with Crippen molar-refractivity contribution < 1.29 is 18.7 Å². The Morgan fingerprint density at radius 1 is 1.10 bits per heavy atom. The first-order valence-corrected chi connectivity index (χ1v) is 8.78. The van der Waals surface area contributed by atoms with Gasteiger partial charge in [0, 0.05) is 24.0 Å². The molecule has 0 aliphatic rings. The molecule has 29 heavy (non-hydrogen) atoms. The number of hydrogen-bond acceptors (Lipinski definition) is 5. The van der Waals surface area contributed by atoms with Crippen molar-refractivity contribution in [2.24, 2.45) is 0 Å². The van der Waals surface area contributed by atoms with E-state index in [2.05, 4.69) is 4.98 Å². The van der Waals surface area contributed by atoms with Crippen LogP contribution in [-0.2, 0) is 22.7 Å². The van der Waals surface area contributed by atoms with Crippen molar-refractivity contribution in [2.75, 3.05) is 0 Å². The number of pyridine rings is 1. The van der Waals surface area contributed by atoms with Crippen molar-refractivity contribution in [1.82, 2.24) is 4.98 Å². The number of hydrogen-bond donors (Lipinski definition) is 0. The Hall–Kier alpha value is -3.98. The van der Waals surface area contributed by atoms with Gasteiger partial charge >= 0.3 is 5.97 Å². The van der Waals surface area contributed by atoms with E-state index in [0.29, 0.717) is 17.9 Å². The molecule has 0 unspecified atom stereocenters. The third-order valence-electron chi connectivity index (χ3n) is 3.89. The standard InChI is InChI=1S/C23H17FN2O3/c24-21-11-19(13-25)10-20(12-21)16-29-23(27)8-5-17-3-6-22(7-4-17)28-15-18-2-1-9-26-14-18/h1-12,14H,15-16H2/b8-5+. The monoisotopic (exact) mass is 388 g/mol. The van der Waals surface area contributed by atoms with Crippen molar-refractivity contribution in [3.63, 3.8) is 0 Å². The summed E-state index contributed by atoms with van der Waals surface area (Å²) in [5, 5.41) is 8.84. The molecule has 1 heterocycles. The summed E-state index contributed by atoms with van der Waals surface area (Å²) in [5.74, 6) is -0.408. The Balaban J connectivity index is 1.49. The quantitative estimate of drug-likeness (QED) is 0.442. The Kier molecular flexibility index (Phi) is 6.69. The molecule has 0 bridgehead atoms. The first-order valence-electron chi connectivity index (χ1n) is 8.78. The van der Waals surface area contributed by atoms with Gasteiger partial charge in [-0.1, -0.05) is 18.2 Å². The molecule has 0 N–H and O–H groups in total. The zero-order valence-corrected chi connectivity index (χ0v) is 15.4. The molecule has 1 aromatic heterocycles. The summed E-state index contributed by atoms with van der Waals surface area (Å²) in [4.78, 5) is 15.9. The number of esters is 1. The van der Waals surface area contributed by atoms with E-state index in [1.165, 1.54) is 18.2 Å². The van der Waals surface area contributed by atoms with E-state index in [1.807, 2.05) is 30.3 Å². The van der Waals surface area contributed by atoms with Crippen LogP contribution in [0.4, 0.5) is 4.39 Å². The predicted octanol–water partition coefficient (Wildman–Crippen LogP) is 4.43. The summed E-state index contributed by atoms with van der Waals surface area (Å²) in [7, 11) is 0. The fourth-order valence-electron chi connectivity index (χ4n) is 2.49. The molecular formula is C23H17FN2O3. The van der Waals surface area contributed by atoms with E-state index < -0.39 is 11.8 Å². The lowest BCUT2D eigenvalue weighted by Crippen LogP contribution is -2.01. The molecule has 0 saturated carbocycles. The normalized spacial score (nSPS) is 10.5. The maximum absolute atomic E-state index is 13.4. The van der Waals surface area contributed by atoms with E-state index >= 15 is 0 Å². The molecule has 0 atom stereocenters. The van der Waals surface area contributed by atoms with Crippen LogP contribution >= 0.6 is 0 Å². The molecule has 0 spiro atoms. The maximum Gasteiger partial charge on any atom is 0.331 e. The highest BCUT2D eigenvalue weighted by Gasteiger charge is 2.04. The van der Waals surface area contributed by atoms with Crippen LogP contribution < -0.4 is 4.74 Å². The topological polar surface area (TPSA) is 72.2 Å². The Morgan fingerprint density at radius 2 is 1.93 bits per heavy atom. The van der Waals surface area contributed by atoms with Crippen LogP contribution in [0.25, 0.3) is 6.08 Å². The van der Waals surface area contributed by atoms with Gasteiger partial charge in [-0.05, 0) is 53.6 Å². The average Bonchev–Trinajstić information content (AvgIpc) is 2.76. The fourth-order valence-corrected chi connectivity index (χ4v) is 2.49. The van der Waals surface area contributed by atoms with Gasteiger partial charge in [0.25, 0.3) is 0 Å². The number of carbonyl (C=O) groups is 1. The van der Waals surface area contributed by atoms with E-state index in [4.69, 9.17) is 14.7 Å². The molecule has 0 fully saturated rings. The van der Waals surface area contributed by atoms with Crippen molar-refractivity contribution in [2.45, 2.75) is 13.2 Å². The lowest BCUT2D eigenvalue weighted by Gasteiger charge is -2.06. The number of nitrogens with zero attached hydrogens (tertiary/aromatic N) is 2. The Bertz CT molecular complexity index is 1040. The summed E-state index contributed by atoms with van der Waals surface area (Å²) in [6.07, 6.45) is 6.35. The third-order valence-corrected chi connectivity index (χ3v) is 3.89. The molecule has 2 aromatic carbocycles. The summed E-state index contributed by atoms with van der Waals surface area (Å²) in [5.41, 5.74) is 2.36. The second-order valence-electron chi connectivity index (χ2n) is 6.12. The van der Waals surface area contributed by atoms with Gasteiger partial charge in [0.05, 0.1) is 11.6 Å². The van der Waals surface area contributed by atoms with Gasteiger partial charge in [-0.3, -0.25) is 4.98 Å². The highest BCUT2D eigenvalue weighted by atomic mass is 19.1. The van der Waals surface area contributed by atoms with Gasteiger partial charge in [-0.15, -0.1) is 0 Å². The largest absolute Gasteiger partial charge is 0.489 e. The van der Waals surface area contributed by atoms with Crippen molar-refractivity contribution in [1.29, 1.82) is 5.26 Å². The van der Waals surface area contributed by atoms with Crippen LogP contribution in [0.1, 0.15) is 22.3 Å². The highest BCUT2D eigenvalue weighted by molar-refractivity contribution is 5.87. The zero-order valence-electron chi connectivity index (χ0n) is 15.4. The summed E-state index contributed by atoms with van der Waals surface area (Å²) in [6.45, 7) is 0.305. The van der Waals surface area contributed by atoms with Gasteiger partial charge in [-0.2, -0.15) is 5.26 Å². The summed E-state index contributed by atoms with van der Waals surface area (Å²) < 4.78 is 24.1. The molecule has 3 aromatic rings. The second kappa shape index (κ2) is 9.81. The summed E-state index contributed by atoms with van der Waals surface area (Å²) >= 11 is 0. The SMILES string of the molecule is N#Cc1cc(F)cc(COC(=O)/C=C/c2ccc(OCc3cccnc3)cc2)c1. The van der Waals surface area contributed by atoms with Crippen LogP contribution in [0.3, 0.4) is 0 Å². The lowest BCUT2D eigenvalue weighted by molar-refractivity contribution is -0.138. The van der Waals surface area contributed by atoms with Gasteiger partial charge in [0.2, 0.25) is 0 Å². The maximum atomic E-state index is 13.4. The molecule has 5 nitrogen and oxygen atoms in total. The van der Waals surface area contributed by atoms with Crippen molar-refractivity contribution in [3.05, 3.63) is 101 Å². The van der Waals surface area contributed by atoms with Crippen LogP contribution in [-0.4, -0.2) is 11.0 Å². The number of benzene rings is 2. The van der Waals surface area contributed by atoms with Gasteiger partial charge in [0.15, 0.2) is 0 Å². The van der Waals surface area contributed by atoms with E-state index in [-0.39, 0.29) is 12.2 Å². The molecule has 3 rings (SSSR count). The number of nitriles is 1. The molecule has 0 aliphatic carbocycles. The third kappa shape index (κ3) is 6.29. The first-order chi connectivity index (χ1) is 14.1. The summed E-state index contributed by atoms with van der Waals surface area (Å²) in [6, 6.07) is 16.7. The molecule has 0 amide bonds. The van der Waals surface area contributed by atoms with Crippen LogP contribution in [0.5, 0.6) is 5.75 Å². The minimum atomic E-state index is -0.565. The second-order valence-corrected chi connectivity index (χ2v) is 6.12. The number of rotatable bonds is 7. The van der Waals surface area contributed by atoms with E-state index in [9.17, 15) is 9.18 Å². The minimum Gasteiger partial charge on any atom is -0.489 e. The van der Waals surface area contributed by atoms with Crippen LogP contribution in [0, 0.1) is 17.1 Å². The molecular weight excluding hydrogens is 371 g/mol. The number of carbonyl (C=O) groups excluding carboxylic acids is 1. The lowest BCUT2D eigenvalue weighted by atomic mass is 10.1. The number of aromatic nitrogens is 1. The van der Waals surface area contributed by atoms with Gasteiger partial charge in [0.1, 0.15) is 24.8 Å². The zero-order chi connectivity index (χ0) is 20.5. The molecule has 144 valence electrons. The van der Waals surface area contributed by atoms with Crippen molar-refractivity contribution >= 4 is 12.0 Å². The first kappa shape index (κ1) is 19.8. The fraction of sp³-hybridized carbons (Fsp3) is 0.0870. The molecule has 6 heteroatoms. The Labute approximate surface area is 167 Å². The van der Waals surface area contributed by atoms with Gasteiger partial charge in [-0.25, -0.2) is 9.18 Å². The molecule has 0 saturated heterocycles. The smallest absolute Gasteiger partial charge is 0.331 e. The number of ether oxygens (including phenoxy) is 2. The van der Waals surface area contributed by atoms with E-state index in [1.54, 1.807) is 30.6 Å². The van der Waals surface area contributed by atoms with Gasteiger partial charge < -0.3 is 9.47 Å². The number of halogens is 1. The molecule has 0 aliphatic heterocycles. The predicted molar refractivity (Wildman–Crippen MR) is 105 cm³/mol. The minimum absolute atomic E-state index is 0.114.